The largest absolute Gasteiger partial charge is 0.496 e. The molecule has 1 saturated heterocycles. The number of sulfone groups is 1. The van der Waals surface area contributed by atoms with Crippen molar-refractivity contribution in [2.75, 3.05) is 19.4 Å². The monoisotopic (exact) mass is 269 g/mol. The molecule has 0 radical (unpaired) electrons. The molecule has 1 N–H and O–H groups in total. The number of ether oxygens (including phenoxy) is 1. The molecule has 2 unspecified atom stereocenters. The van der Waals surface area contributed by atoms with Crippen LogP contribution in [0.1, 0.15) is 24.1 Å². The summed E-state index contributed by atoms with van der Waals surface area (Å²) in [4.78, 5) is 0. The summed E-state index contributed by atoms with van der Waals surface area (Å²) in [5.41, 5.74) is 2.02. The fraction of sp³-hybridized carbons (Fsp3) is 0.538. The molecule has 5 heteroatoms. The highest BCUT2D eigenvalue weighted by Crippen LogP contribution is 2.30. The summed E-state index contributed by atoms with van der Waals surface area (Å²) in [7, 11) is -1.41. The molecule has 1 heterocycles. The average molecular weight is 269 g/mol. The Balaban J connectivity index is 2.35. The third-order valence-corrected chi connectivity index (χ3v) is 5.62. The van der Waals surface area contributed by atoms with Gasteiger partial charge in [-0.05, 0) is 19.9 Å². The zero-order valence-electron chi connectivity index (χ0n) is 10.9. The molecule has 0 saturated carbocycles. The topological polar surface area (TPSA) is 55.4 Å². The van der Waals surface area contributed by atoms with Crippen molar-refractivity contribution in [3.05, 3.63) is 29.3 Å². The van der Waals surface area contributed by atoms with Gasteiger partial charge in [-0.2, -0.15) is 0 Å². The fourth-order valence-corrected chi connectivity index (χ4v) is 3.66. The van der Waals surface area contributed by atoms with Crippen LogP contribution in [0.3, 0.4) is 0 Å². The molecular weight excluding hydrogens is 250 g/mol. The first kappa shape index (κ1) is 13.4. The number of aryl methyl sites for hydroxylation is 1. The lowest BCUT2D eigenvalue weighted by atomic mass is 10.0. The first-order valence-electron chi connectivity index (χ1n) is 6.03. The van der Waals surface area contributed by atoms with Crippen LogP contribution in [0.25, 0.3) is 0 Å². The summed E-state index contributed by atoms with van der Waals surface area (Å²) in [6, 6.07) is 5.66. The number of methoxy groups -OCH3 is 1. The third-order valence-electron chi connectivity index (χ3n) is 3.42. The lowest BCUT2D eigenvalue weighted by Gasteiger charge is -2.29. The van der Waals surface area contributed by atoms with Crippen molar-refractivity contribution in [2.24, 2.45) is 0 Å². The first-order valence-corrected chi connectivity index (χ1v) is 7.75. The number of benzene rings is 1. The Morgan fingerprint density at radius 3 is 2.72 bits per heavy atom. The van der Waals surface area contributed by atoms with Crippen LogP contribution in [-0.4, -0.2) is 33.1 Å². The Labute approximate surface area is 108 Å². The quantitative estimate of drug-likeness (QED) is 0.883. The van der Waals surface area contributed by atoms with Gasteiger partial charge >= 0.3 is 0 Å². The number of nitrogens with one attached hydrogen (secondary N) is 1. The van der Waals surface area contributed by atoms with E-state index < -0.39 is 9.84 Å². The molecule has 1 fully saturated rings. The van der Waals surface area contributed by atoms with Crippen LogP contribution in [0.15, 0.2) is 18.2 Å². The molecular formula is C13H19NO3S. The number of hydrogen-bond acceptors (Lipinski definition) is 4. The van der Waals surface area contributed by atoms with Crippen LogP contribution in [0.5, 0.6) is 5.75 Å². The minimum atomic E-state index is -3.01. The molecule has 0 aliphatic carbocycles. The van der Waals surface area contributed by atoms with E-state index in [-0.39, 0.29) is 17.0 Å². The van der Waals surface area contributed by atoms with Gasteiger partial charge in [0.2, 0.25) is 0 Å². The Morgan fingerprint density at radius 1 is 1.39 bits per heavy atom. The van der Waals surface area contributed by atoms with Crippen molar-refractivity contribution in [3.8, 4) is 5.75 Å². The second-order valence-corrected chi connectivity index (χ2v) is 7.31. The SMILES string of the molecule is COc1ccc(C)cc1C1CS(=O)(=O)C(C)CN1. The lowest BCUT2D eigenvalue weighted by molar-refractivity contribution is 0.399. The second kappa shape index (κ2) is 4.90. The van der Waals surface area contributed by atoms with E-state index in [0.29, 0.717) is 6.54 Å². The van der Waals surface area contributed by atoms with Crippen molar-refractivity contribution in [2.45, 2.75) is 25.1 Å². The van der Waals surface area contributed by atoms with Gasteiger partial charge in [0.25, 0.3) is 0 Å². The first-order chi connectivity index (χ1) is 8.44. The zero-order valence-corrected chi connectivity index (χ0v) is 11.8. The van der Waals surface area contributed by atoms with Gasteiger partial charge in [0.05, 0.1) is 18.1 Å². The second-order valence-electron chi connectivity index (χ2n) is 4.85. The predicted octanol–water partition coefficient (Wildman–Crippen LogP) is 1.45. The summed E-state index contributed by atoms with van der Waals surface area (Å²) in [6.45, 7) is 4.22. The third kappa shape index (κ3) is 2.52. The standard InChI is InChI=1S/C13H19NO3S/c1-9-4-5-13(17-3)11(6-9)12-8-18(15,16)10(2)7-14-12/h4-6,10,12,14H,7-8H2,1-3H3. The van der Waals surface area contributed by atoms with E-state index in [1.807, 2.05) is 25.1 Å². The Bertz CT molecular complexity index is 539. The molecule has 1 aromatic rings. The Morgan fingerprint density at radius 2 is 2.11 bits per heavy atom. The van der Waals surface area contributed by atoms with Crippen LogP contribution in [0.2, 0.25) is 0 Å². The van der Waals surface area contributed by atoms with Gasteiger partial charge in [-0.3, -0.25) is 0 Å². The maximum atomic E-state index is 12.0. The molecule has 1 aliphatic rings. The van der Waals surface area contributed by atoms with Crippen molar-refractivity contribution < 1.29 is 13.2 Å². The molecule has 0 bridgehead atoms. The van der Waals surface area contributed by atoms with E-state index in [4.69, 9.17) is 4.74 Å². The van der Waals surface area contributed by atoms with Gasteiger partial charge in [-0.25, -0.2) is 8.42 Å². The minimum Gasteiger partial charge on any atom is -0.496 e. The molecule has 0 aromatic heterocycles. The molecule has 1 aliphatic heterocycles. The Hall–Kier alpha value is -1.07. The highest BCUT2D eigenvalue weighted by molar-refractivity contribution is 7.92. The van der Waals surface area contributed by atoms with E-state index >= 15 is 0 Å². The van der Waals surface area contributed by atoms with Crippen LogP contribution >= 0.6 is 0 Å². The van der Waals surface area contributed by atoms with Gasteiger partial charge in [0.1, 0.15) is 5.75 Å². The summed E-state index contributed by atoms with van der Waals surface area (Å²) < 4.78 is 29.3. The van der Waals surface area contributed by atoms with Crippen molar-refractivity contribution >= 4 is 9.84 Å². The molecule has 0 amide bonds. The minimum absolute atomic E-state index is 0.133. The number of rotatable bonds is 2. The van der Waals surface area contributed by atoms with E-state index in [0.717, 1.165) is 16.9 Å². The zero-order chi connectivity index (χ0) is 13.3. The predicted molar refractivity (Wildman–Crippen MR) is 71.7 cm³/mol. The highest BCUT2D eigenvalue weighted by atomic mass is 32.2. The molecule has 2 rings (SSSR count). The van der Waals surface area contributed by atoms with Crippen molar-refractivity contribution in [1.82, 2.24) is 5.32 Å². The lowest BCUT2D eigenvalue weighted by Crippen LogP contribution is -2.44. The van der Waals surface area contributed by atoms with E-state index in [1.54, 1.807) is 14.0 Å². The van der Waals surface area contributed by atoms with Gasteiger partial charge in [-0.15, -0.1) is 0 Å². The van der Waals surface area contributed by atoms with Gasteiger partial charge in [0, 0.05) is 18.2 Å². The average Bonchev–Trinajstić information content (AvgIpc) is 2.32. The van der Waals surface area contributed by atoms with Crippen molar-refractivity contribution in [1.29, 1.82) is 0 Å². The smallest absolute Gasteiger partial charge is 0.156 e. The van der Waals surface area contributed by atoms with E-state index in [1.165, 1.54) is 0 Å². The van der Waals surface area contributed by atoms with Crippen LogP contribution in [-0.2, 0) is 9.84 Å². The summed E-state index contributed by atoms with van der Waals surface area (Å²) in [5.74, 6) is 0.872. The van der Waals surface area contributed by atoms with E-state index in [2.05, 4.69) is 5.32 Å². The molecule has 100 valence electrons. The van der Waals surface area contributed by atoms with Crippen LogP contribution in [0, 0.1) is 6.92 Å². The normalized spacial score (nSPS) is 26.8. The maximum Gasteiger partial charge on any atom is 0.156 e. The summed E-state index contributed by atoms with van der Waals surface area (Å²) >= 11 is 0. The van der Waals surface area contributed by atoms with Crippen molar-refractivity contribution in [3.63, 3.8) is 0 Å². The highest BCUT2D eigenvalue weighted by Gasteiger charge is 2.32. The molecule has 2 atom stereocenters. The summed E-state index contributed by atoms with van der Waals surface area (Å²) in [5, 5.41) is 2.97. The maximum absolute atomic E-state index is 12.0. The molecule has 1 aromatic carbocycles. The van der Waals surface area contributed by atoms with Gasteiger partial charge < -0.3 is 10.1 Å². The summed E-state index contributed by atoms with van der Waals surface area (Å²) in [6.07, 6.45) is 0. The van der Waals surface area contributed by atoms with Crippen LogP contribution in [0.4, 0.5) is 0 Å². The van der Waals surface area contributed by atoms with E-state index in [9.17, 15) is 8.42 Å². The molecule has 4 nitrogen and oxygen atoms in total. The molecule has 0 spiro atoms. The Kier molecular flexibility index (Phi) is 3.64. The number of hydrogen-bond donors (Lipinski definition) is 1. The fourth-order valence-electron chi connectivity index (χ4n) is 2.22. The van der Waals surface area contributed by atoms with Gasteiger partial charge in [-0.1, -0.05) is 17.7 Å². The molecule has 18 heavy (non-hydrogen) atoms. The van der Waals surface area contributed by atoms with Gasteiger partial charge in [0.15, 0.2) is 9.84 Å². The van der Waals surface area contributed by atoms with Crippen LogP contribution < -0.4 is 10.1 Å².